The van der Waals surface area contributed by atoms with E-state index < -0.39 is 0 Å². The Morgan fingerprint density at radius 3 is 2.79 bits per heavy atom. The third kappa shape index (κ3) is 5.28. The molecule has 4 nitrogen and oxygen atoms in total. The van der Waals surface area contributed by atoms with Crippen molar-refractivity contribution in [1.29, 1.82) is 0 Å². The Morgan fingerprint density at radius 2 is 2.11 bits per heavy atom. The van der Waals surface area contributed by atoms with Gasteiger partial charge in [0, 0.05) is 25.1 Å². The highest BCUT2D eigenvalue weighted by Crippen LogP contribution is 2.20. The number of amides is 1. The summed E-state index contributed by atoms with van der Waals surface area (Å²) in [5, 5.41) is 6.52. The fourth-order valence-electron chi connectivity index (χ4n) is 3.04. The summed E-state index contributed by atoms with van der Waals surface area (Å²) < 4.78 is 5.52. The minimum atomic E-state index is 0. The molecule has 2 N–H and O–H groups in total. The molecule has 0 radical (unpaired) electrons. The molecule has 0 bridgehead atoms. The molecule has 0 saturated carbocycles. The van der Waals surface area contributed by atoms with Crippen molar-refractivity contribution < 1.29 is 9.53 Å². The van der Waals surface area contributed by atoms with Crippen LogP contribution in [0.15, 0.2) is 0 Å². The molecule has 2 aliphatic heterocycles. The highest BCUT2D eigenvalue weighted by Gasteiger charge is 2.26. The Bertz CT molecular complexity index is 289. The monoisotopic (exact) mass is 290 g/mol. The number of rotatable bonds is 3. The second-order valence-corrected chi connectivity index (χ2v) is 5.89. The maximum absolute atomic E-state index is 12.1. The molecule has 1 amide bonds. The van der Waals surface area contributed by atoms with Gasteiger partial charge in [-0.1, -0.05) is 0 Å². The van der Waals surface area contributed by atoms with Gasteiger partial charge in [0.1, 0.15) is 0 Å². The van der Waals surface area contributed by atoms with Crippen LogP contribution >= 0.6 is 12.4 Å². The molecule has 0 aromatic rings. The molecule has 2 heterocycles. The lowest BCUT2D eigenvalue weighted by molar-refractivity contribution is -0.126. The first-order chi connectivity index (χ1) is 8.65. The largest absolute Gasteiger partial charge is 0.378 e. The summed E-state index contributed by atoms with van der Waals surface area (Å²) >= 11 is 0. The third-order valence-electron chi connectivity index (χ3n) is 4.15. The van der Waals surface area contributed by atoms with Crippen molar-refractivity contribution in [3.63, 3.8) is 0 Å². The van der Waals surface area contributed by atoms with E-state index >= 15 is 0 Å². The fraction of sp³-hybridized carbons (Fsp3) is 0.929. The SMILES string of the molecule is CC1CC(CNC(=O)[C@H]2CCN[C@@H](C)C2)CCO1.Cl. The quantitative estimate of drug-likeness (QED) is 0.832. The Kier molecular flexibility index (Phi) is 7.11. The van der Waals surface area contributed by atoms with Crippen LogP contribution in [0.3, 0.4) is 0 Å². The maximum atomic E-state index is 12.1. The molecule has 5 heteroatoms. The molecule has 112 valence electrons. The zero-order valence-electron chi connectivity index (χ0n) is 12.0. The van der Waals surface area contributed by atoms with Gasteiger partial charge in [0.25, 0.3) is 0 Å². The molecular weight excluding hydrogens is 264 g/mol. The van der Waals surface area contributed by atoms with Gasteiger partial charge in [-0.05, 0) is 52.0 Å². The second-order valence-electron chi connectivity index (χ2n) is 5.89. The molecular formula is C14H27ClN2O2. The van der Waals surface area contributed by atoms with Crippen LogP contribution in [0, 0.1) is 11.8 Å². The van der Waals surface area contributed by atoms with Crippen LogP contribution < -0.4 is 10.6 Å². The van der Waals surface area contributed by atoms with Gasteiger partial charge in [0.05, 0.1) is 6.10 Å². The summed E-state index contributed by atoms with van der Waals surface area (Å²) in [6, 6.07) is 0.470. The van der Waals surface area contributed by atoms with Crippen molar-refractivity contribution in [1.82, 2.24) is 10.6 Å². The van der Waals surface area contributed by atoms with Crippen LogP contribution in [-0.4, -0.2) is 37.7 Å². The highest BCUT2D eigenvalue weighted by molar-refractivity contribution is 5.85. The van der Waals surface area contributed by atoms with Crippen LogP contribution in [0.5, 0.6) is 0 Å². The summed E-state index contributed by atoms with van der Waals surface area (Å²) in [5.74, 6) is 1.05. The molecule has 0 aromatic heterocycles. The third-order valence-corrected chi connectivity index (χ3v) is 4.15. The van der Waals surface area contributed by atoms with Crippen molar-refractivity contribution in [2.75, 3.05) is 19.7 Å². The van der Waals surface area contributed by atoms with E-state index in [9.17, 15) is 4.79 Å². The molecule has 2 rings (SSSR count). The number of halogens is 1. The lowest BCUT2D eigenvalue weighted by atomic mass is 9.91. The first-order valence-corrected chi connectivity index (χ1v) is 7.28. The van der Waals surface area contributed by atoms with Crippen LogP contribution in [0.4, 0.5) is 0 Å². The van der Waals surface area contributed by atoms with Gasteiger partial charge < -0.3 is 15.4 Å². The predicted molar refractivity (Wildman–Crippen MR) is 78.6 cm³/mol. The first-order valence-electron chi connectivity index (χ1n) is 7.28. The minimum absolute atomic E-state index is 0. The summed E-state index contributed by atoms with van der Waals surface area (Å²) in [6.07, 6.45) is 4.44. The Hall–Kier alpha value is -0.320. The van der Waals surface area contributed by atoms with Gasteiger partial charge in [-0.15, -0.1) is 12.4 Å². The molecule has 2 fully saturated rings. The van der Waals surface area contributed by atoms with Crippen molar-refractivity contribution in [2.45, 2.75) is 51.7 Å². The summed E-state index contributed by atoms with van der Waals surface area (Å²) in [5.41, 5.74) is 0. The Balaban J connectivity index is 0.00000180. The zero-order chi connectivity index (χ0) is 13.0. The molecule has 2 saturated heterocycles. The van der Waals surface area contributed by atoms with Crippen molar-refractivity contribution in [2.24, 2.45) is 11.8 Å². The van der Waals surface area contributed by atoms with E-state index in [2.05, 4.69) is 24.5 Å². The number of nitrogens with one attached hydrogen (secondary N) is 2. The van der Waals surface area contributed by atoms with Crippen LogP contribution in [0.1, 0.15) is 39.5 Å². The maximum Gasteiger partial charge on any atom is 0.223 e. The van der Waals surface area contributed by atoms with E-state index in [1.807, 2.05) is 0 Å². The molecule has 4 atom stereocenters. The van der Waals surface area contributed by atoms with Gasteiger partial charge in [0.2, 0.25) is 5.91 Å². The van der Waals surface area contributed by atoms with E-state index in [1.165, 1.54) is 0 Å². The van der Waals surface area contributed by atoms with Gasteiger partial charge in [-0.25, -0.2) is 0 Å². The van der Waals surface area contributed by atoms with Gasteiger partial charge in [-0.2, -0.15) is 0 Å². The number of piperidine rings is 1. The van der Waals surface area contributed by atoms with Crippen LogP contribution in [0.2, 0.25) is 0 Å². The van der Waals surface area contributed by atoms with Gasteiger partial charge in [0.15, 0.2) is 0 Å². The molecule has 2 unspecified atom stereocenters. The second kappa shape index (κ2) is 8.08. The molecule has 0 aromatic carbocycles. The van der Waals surface area contributed by atoms with E-state index in [-0.39, 0.29) is 24.2 Å². The van der Waals surface area contributed by atoms with Crippen LogP contribution in [0.25, 0.3) is 0 Å². The highest BCUT2D eigenvalue weighted by atomic mass is 35.5. The van der Waals surface area contributed by atoms with Gasteiger partial charge >= 0.3 is 0 Å². The molecule has 0 aliphatic carbocycles. The summed E-state index contributed by atoms with van der Waals surface area (Å²) in [7, 11) is 0. The predicted octanol–water partition coefficient (Wildman–Crippen LogP) is 1.73. The average Bonchev–Trinajstić information content (AvgIpc) is 2.36. The number of hydrogen-bond acceptors (Lipinski definition) is 3. The molecule has 0 spiro atoms. The molecule has 19 heavy (non-hydrogen) atoms. The topological polar surface area (TPSA) is 50.4 Å². The Labute approximate surface area is 122 Å². The number of carbonyl (C=O) groups is 1. The molecule has 2 aliphatic rings. The normalized spacial score (nSPS) is 35.3. The summed E-state index contributed by atoms with van der Waals surface area (Å²) in [6.45, 7) is 6.90. The first kappa shape index (κ1) is 16.7. The lowest BCUT2D eigenvalue weighted by Crippen LogP contribution is -2.44. The Morgan fingerprint density at radius 1 is 1.32 bits per heavy atom. The number of ether oxygens (including phenoxy) is 1. The van der Waals surface area contributed by atoms with Crippen molar-refractivity contribution in [3.8, 4) is 0 Å². The average molecular weight is 291 g/mol. The number of hydrogen-bond donors (Lipinski definition) is 2. The van der Waals surface area contributed by atoms with Gasteiger partial charge in [-0.3, -0.25) is 4.79 Å². The van der Waals surface area contributed by atoms with E-state index in [0.29, 0.717) is 18.1 Å². The standard InChI is InChI=1S/C14H26N2O2.ClH/c1-10-7-13(3-5-15-10)14(17)16-9-12-4-6-18-11(2)8-12;/h10-13,15H,3-9H2,1-2H3,(H,16,17);1H/t10-,11?,12?,13-;/m0./s1. The minimum Gasteiger partial charge on any atom is -0.378 e. The van der Waals surface area contributed by atoms with Crippen molar-refractivity contribution in [3.05, 3.63) is 0 Å². The van der Waals surface area contributed by atoms with Crippen molar-refractivity contribution >= 4 is 18.3 Å². The fourth-order valence-corrected chi connectivity index (χ4v) is 3.04. The van der Waals surface area contributed by atoms with E-state index in [4.69, 9.17) is 4.74 Å². The lowest BCUT2D eigenvalue weighted by Gasteiger charge is -2.30. The smallest absolute Gasteiger partial charge is 0.223 e. The van der Waals surface area contributed by atoms with E-state index in [0.717, 1.165) is 45.4 Å². The van der Waals surface area contributed by atoms with E-state index in [1.54, 1.807) is 0 Å². The van der Waals surface area contributed by atoms with Crippen LogP contribution in [-0.2, 0) is 9.53 Å². The summed E-state index contributed by atoms with van der Waals surface area (Å²) in [4.78, 5) is 12.1. The number of carbonyl (C=O) groups excluding carboxylic acids is 1. The zero-order valence-corrected chi connectivity index (χ0v) is 12.8.